The number of urea groups is 1. The van der Waals surface area contributed by atoms with Crippen molar-refractivity contribution in [1.82, 2.24) is 15.5 Å². The number of hydrogen-bond acceptors (Lipinski definition) is 6. The highest BCUT2D eigenvalue weighted by atomic mass is 16.5. The van der Waals surface area contributed by atoms with Gasteiger partial charge in [-0.15, -0.1) is 0 Å². The number of aromatic hydroxyl groups is 1. The third kappa shape index (κ3) is 3.93. The zero-order chi connectivity index (χ0) is 15.2. The SMILES string of the molecule is O=C(O)CN(C(=O)NCc1ncon1)c1ccc(O)cc1. The van der Waals surface area contributed by atoms with Crippen LogP contribution in [0.3, 0.4) is 0 Å². The van der Waals surface area contributed by atoms with Gasteiger partial charge in [0.05, 0.1) is 6.54 Å². The van der Waals surface area contributed by atoms with Crippen molar-refractivity contribution in [3.63, 3.8) is 0 Å². The van der Waals surface area contributed by atoms with E-state index in [-0.39, 0.29) is 18.1 Å². The van der Waals surface area contributed by atoms with Gasteiger partial charge in [0, 0.05) is 5.69 Å². The molecular formula is C12H12N4O5. The number of aliphatic carboxylic acids is 1. The van der Waals surface area contributed by atoms with Gasteiger partial charge in [-0.1, -0.05) is 5.16 Å². The fraction of sp³-hybridized carbons (Fsp3) is 0.167. The van der Waals surface area contributed by atoms with Crippen LogP contribution >= 0.6 is 0 Å². The number of benzene rings is 1. The van der Waals surface area contributed by atoms with Gasteiger partial charge in [0.2, 0.25) is 6.39 Å². The maximum absolute atomic E-state index is 12.1. The zero-order valence-electron chi connectivity index (χ0n) is 10.8. The highest BCUT2D eigenvalue weighted by Crippen LogP contribution is 2.18. The molecule has 21 heavy (non-hydrogen) atoms. The smallest absolute Gasteiger partial charge is 0.323 e. The molecule has 0 spiro atoms. The molecular weight excluding hydrogens is 280 g/mol. The quantitative estimate of drug-likeness (QED) is 0.734. The lowest BCUT2D eigenvalue weighted by atomic mass is 10.3. The summed E-state index contributed by atoms with van der Waals surface area (Å²) < 4.78 is 4.52. The van der Waals surface area contributed by atoms with E-state index in [9.17, 15) is 14.7 Å². The predicted octanol–water partition coefficient (Wildman–Crippen LogP) is 0.576. The highest BCUT2D eigenvalue weighted by Gasteiger charge is 2.19. The molecule has 0 aliphatic heterocycles. The summed E-state index contributed by atoms with van der Waals surface area (Å²) in [6.07, 6.45) is 1.12. The maximum atomic E-state index is 12.1. The molecule has 0 unspecified atom stereocenters. The first-order valence-electron chi connectivity index (χ1n) is 5.87. The molecule has 0 saturated carbocycles. The molecule has 0 saturated heterocycles. The van der Waals surface area contributed by atoms with Crippen LogP contribution in [-0.2, 0) is 11.3 Å². The summed E-state index contributed by atoms with van der Waals surface area (Å²) in [5.41, 5.74) is 0.334. The average molecular weight is 292 g/mol. The van der Waals surface area contributed by atoms with E-state index in [1.165, 1.54) is 24.3 Å². The molecule has 0 aliphatic carbocycles. The Morgan fingerprint density at radius 2 is 2.00 bits per heavy atom. The summed E-state index contributed by atoms with van der Waals surface area (Å²) in [6.45, 7) is -0.521. The summed E-state index contributed by atoms with van der Waals surface area (Å²) in [6, 6.07) is 4.96. The first-order chi connectivity index (χ1) is 10.1. The van der Waals surface area contributed by atoms with Crippen LogP contribution in [0.1, 0.15) is 5.82 Å². The fourth-order valence-electron chi connectivity index (χ4n) is 1.57. The number of nitrogens with one attached hydrogen (secondary N) is 1. The second kappa shape index (κ2) is 6.37. The van der Waals surface area contributed by atoms with Gasteiger partial charge in [-0.2, -0.15) is 4.98 Å². The Morgan fingerprint density at radius 1 is 1.29 bits per heavy atom. The molecule has 1 heterocycles. The molecule has 0 atom stereocenters. The van der Waals surface area contributed by atoms with Gasteiger partial charge in [-0.3, -0.25) is 9.69 Å². The van der Waals surface area contributed by atoms with Crippen LogP contribution < -0.4 is 10.2 Å². The standard InChI is InChI=1S/C12H12N4O5/c17-9-3-1-8(2-4-9)16(6-11(18)19)12(20)13-5-10-14-7-21-15-10/h1-4,7,17H,5-6H2,(H,13,20)(H,18,19). The Bertz CT molecular complexity index is 611. The van der Waals surface area contributed by atoms with Crippen LogP contribution in [-0.4, -0.2) is 38.9 Å². The van der Waals surface area contributed by atoms with E-state index in [4.69, 9.17) is 5.11 Å². The second-order valence-electron chi connectivity index (χ2n) is 4.00. The summed E-state index contributed by atoms with van der Waals surface area (Å²) in [5, 5.41) is 24.1. The van der Waals surface area contributed by atoms with Crippen LogP contribution in [0.25, 0.3) is 0 Å². The molecule has 2 amide bonds. The van der Waals surface area contributed by atoms with Crippen molar-refractivity contribution in [2.75, 3.05) is 11.4 Å². The molecule has 2 rings (SSSR count). The van der Waals surface area contributed by atoms with Gasteiger partial charge in [-0.25, -0.2) is 4.79 Å². The molecule has 1 aromatic heterocycles. The largest absolute Gasteiger partial charge is 0.508 e. The van der Waals surface area contributed by atoms with E-state index < -0.39 is 18.5 Å². The number of phenolic OH excluding ortho intramolecular Hbond substituents is 1. The fourth-order valence-corrected chi connectivity index (χ4v) is 1.57. The summed E-state index contributed by atoms with van der Waals surface area (Å²) in [5.74, 6) is -0.886. The first-order valence-corrected chi connectivity index (χ1v) is 5.87. The Balaban J connectivity index is 2.09. The summed E-state index contributed by atoms with van der Waals surface area (Å²) >= 11 is 0. The zero-order valence-corrected chi connectivity index (χ0v) is 10.8. The van der Waals surface area contributed by atoms with E-state index in [1.54, 1.807) is 0 Å². The second-order valence-corrected chi connectivity index (χ2v) is 4.00. The maximum Gasteiger partial charge on any atom is 0.323 e. The molecule has 1 aromatic carbocycles. The summed E-state index contributed by atoms with van der Waals surface area (Å²) in [4.78, 5) is 27.7. The highest BCUT2D eigenvalue weighted by molar-refractivity contribution is 5.96. The number of amides is 2. The minimum absolute atomic E-state index is 0.00351. The van der Waals surface area contributed by atoms with E-state index in [0.29, 0.717) is 5.69 Å². The number of phenols is 1. The number of hydrogen-bond donors (Lipinski definition) is 3. The van der Waals surface area contributed by atoms with Crippen LogP contribution in [0.2, 0.25) is 0 Å². The van der Waals surface area contributed by atoms with Crippen molar-refractivity contribution in [2.45, 2.75) is 6.54 Å². The number of carbonyl (C=O) groups excluding carboxylic acids is 1. The molecule has 2 aromatic rings. The monoisotopic (exact) mass is 292 g/mol. The first kappa shape index (κ1) is 14.3. The molecule has 9 heteroatoms. The van der Waals surface area contributed by atoms with E-state index in [1.807, 2.05) is 0 Å². The molecule has 0 aliphatic rings. The van der Waals surface area contributed by atoms with Crippen LogP contribution in [0, 0.1) is 0 Å². The number of carboxylic acid groups (broad SMARTS) is 1. The average Bonchev–Trinajstić information content (AvgIpc) is 2.96. The third-order valence-corrected chi connectivity index (χ3v) is 2.50. The van der Waals surface area contributed by atoms with Crippen LogP contribution in [0.15, 0.2) is 35.2 Å². The van der Waals surface area contributed by atoms with E-state index >= 15 is 0 Å². The van der Waals surface area contributed by atoms with Gasteiger partial charge in [0.15, 0.2) is 5.82 Å². The van der Waals surface area contributed by atoms with E-state index in [2.05, 4.69) is 20.0 Å². The van der Waals surface area contributed by atoms with E-state index in [0.717, 1.165) is 11.3 Å². The molecule has 3 N–H and O–H groups in total. The molecule has 0 radical (unpaired) electrons. The van der Waals surface area contributed by atoms with Crippen LogP contribution in [0.4, 0.5) is 10.5 Å². The number of carboxylic acids is 1. The Labute approximate surface area is 118 Å². The van der Waals surface area contributed by atoms with Crippen molar-refractivity contribution in [1.29, 1.82) is 0 Å². The van der Waals surface area contributed by atoms with Crippen molar-refractivity contribution >= 4 is 17.7 Å². The van der Waals surface area contributed by atoms with Crippen molar-refractivity contribution < 1.29 is 24.3 Å². The normalized spacial score (nSPS) is 10.1. The van der Waals surface area contributed by atoms with Gasteiger partial charge in [0.25, 0.3) is 0 Å². The van der Waals surface area contributed by atoms with Gasteiger partial charge >= 0.3 is 12.0 Å². The number of carbonyl (C=O) groups is 2. The Morgan fingerprint density at radius 3 is 2.57 bits per heavy atom. The van der Waals surface area contributed by atoms with Crippen LogP contribution in [0.5, 0.6) is 5.75 Å². The third-order valence-electron chi connectivity index (χ3n) is 2.50. The molecule has 9 nitrogen and oxygen atoms in total. The van der Waals surface area contributed by atoms with Crippen molar-refractivity contribution in [3.8, 4) is 5.75 Å². The predicted molar refractivity (Wildman–Crippen MR) is 69.6 cm³/mol. The number of nitrogens with zero attached hydrogens (tertiary/aromatic N) is 3. The van der Waals surface area contributed by atoms with Gasteiger partial charge < -0.3 is 20.1 Å². The Kier molecular flexibility index (Phi) is 4.34. The number of rotatable bonds is 5. The van der Waals surface area contributed by atoms with Gasteiger partial charge in [-0.05, 0) is 24.3 Å². The van der Waals surface area contributed by atoms with Crippen molar-refractivity contribution in [2.24, 2.45) is 0 Å². The lowest BCUT2D eigenvalue weighted by Crippen LogP contribution is -2.42. The molecule has 0 fully saturated rings. The lowest BCUT2D eigenvalue weighted by molar-refractivity contribution is -0.135. The van der Waals surface area contributed by atoms with Crippen molar-refractivity contribution in [3.05, 3.63) is 36.5 Å². The lowest BCUT2D eigenvalue weighted by Gasteiger charge is -2.21. The van der Waals surface area contributed by atoms with Gasteiger partial charge in [0.1, 0.15) is 12.3 Å². The number of aromatic nitrogens is 2. The molecule has 110 valence electrons. The number of anilines is 1. The minimum atomic E-state index is -1.17. The molecule has 0 bridgehead atoms. The summed E-state index contributed by atoms with van der Waals surface area (Å²) in [7, 11) is 0. The minimum Gasteiger partial charge on any atom is -0.508 e. The topological polar surface area (TPSA) is 129 Å². The Hall–Kier alpha value is -3.10.